The van der Waals surface area contributed by atoms with Crippen LogP contribution in [0.5, 0.6) is 0 Å². The zero-order valence-corrected chi connectivity index (χ0v) is 9.87. The quantitative estimate of drug-likeness (QED) is 0.851. The van der Waals surface area contributed by atoms with E-state index < -0.39 is 0 Å². The van der Waals surface area contributed by atoms with Crippen LogP contribution < -0.4 is 5.32 Å². The van der Waals surface area contributed by atoms with E-state index in [9.17, 15) is 4.39 Å². The fraction of sp³-hybridized carbons (Fsp3) is 0.333. The van der Waals surface area contributed by atoms with Gasteiger partial charge in [-0.05, 0) is 31.0 Å². The Kier molecular flexibility index (Phi) is 3.49. The Morgan fingerprint density at radius 1 is 1.47 bits per heavy atom. The molecule has 0 aliphatic carbocycles. The minimum Gasteiger partial charge on any atom is -0.303 e. The van der Waals surface area contributed by atoms with Crippen molar-refractivity contribution in [1.82, 2.24) is 20.5 Å². The number of aromatic amines is 1. The van der Waals surface area contributed by atoms with Gasteiger partial charge >= 0.3 is 0 Å². The van der Waals surface area contributed by atoms with E-state index in [1.54, 1.807) is 13.0 Å². The summed E-state index contributed by atoms with van der Waals surface area (Å²) in [6.45, 7) is 4.43. The summed E-state index contributed by atoms with van der Waals surface area (Å²) in [5.74, 6) is 0.626. The number of nitrogens with one attached hydrogen (secondary N) is 2. The first-order valence-corrected chi connectivity index (χ1v) is 5.50. The normalized spacial score (nSPS) is 12.6. The van der Waals surface area contributed by atoms with Crippen molar-refractivity contribution >= 4 is 0 Å². The molecule has 0 aliphatic heterocycles. The summed E-state index contributed by atoms with van der Waals surface area (Å²) >= 11 is 0. The van der Waals surface area contributed by atoms with Gasteiger partial charge in [-0.25, -0.2) is 9.37 Å². The van der Waals surface area contributed by atoms with Crippen molar-refractivity contribution < 1.29 is 4.39 Å². The third-order valence-corrected chi connectivity index (χ3v) is 2.68. The zero-order chi connectivity index (χ0) is 12.3. The maximum atomic E-state index is 13.1. The van der Waals surface area contributed by atoms with Gasteiger partial charge < -0.3 is 5.32 Å². The maximum absolute atomic E-state index is 13.1. The number of H-pyrrole nitrogens is 1. The second kappa shape index (κ2) is 5.05. The van der Waals surface area contributed by atoms with E-state index in [4.69, 9.17) is 0 Å². The topological polar surface area (TPSA) is 53.6 Å². The Balaban J connectivity index is 1.96. The lowest BCUT2D eigenvalue weighted by atomic mass is 10.1. The van der Waals surface area contributed by atoms with Gasteiger partial charge in [0.25, 0.3) is 0 Å². The number of benzene rings is 1. The van der Waals surface area contributed by atoms with Crippen molar-refractivity contribution in [2.45, 2.75) is 26.4 Å². The van der Waals surface area contributed by atoms with E-state index in [1.807, 2.05) is 13.0 Å². The van der Waals surface area contributed by atoms with E-state index in [2.05, 4.69) is 20.5 Å². The molecule has 2 aromatic rings. The van der Waals surface area contributed by atoms with Crippen molar-refractivity contribution in [3.05, 3.63) is 47.3 Å². The molecule has 0 aliphatic rings. The van der Waals surface area contributed by atoms with Crippen LogP contribution >= 0.6 is 0 Å². The van der Waals surface area contributed by atoms with Crippen LogP contribution in [0.15, 0.2) is 24.5 Å². The predicted molar refractivity (Wildman–Crippen MR) is 62.8 cm³/mol. The summed E-state index contributed by atoms with van der Waals surface area (Å²) < 4.78 is 13.1. The first kappa shape index (κ1) is 11.7. The highest BCUT2D eigenvalue weighted by atomic mass is 19.1. The highest BCUT2D eigenvalue weighted by Crippen LogP contribution is 2.11. The molecule has 5 heteroatoms. The van der Waals surface area contributed by atoms with Crippen LogP contribution in [0.25, 0.3) is 0 Å². The molecule has 90 valence electrons. The highest BCUT2D eigenvalue weighted by Gasteiger charge is 2.07. The smallest absolute Gasteiger partial charge is 0.141 e. The monoisotopic (exact) mass is 234 g/mol. The summed E-state index contributed by atoms with van der Waals surface area (Å²) in [7, 11) is 0. The van der Waals surface area contributed by atoms with Gasteiger partial charge in [0.2, 0.25) is 0 Å². The van der Waals surface area contributed by atoms with E-state index in [1.165, 1.54) is 12.4 Å². The summed E-state index contributed by atoms with van der Waals surface area (Å²) in [5.41, 5.74) is 1.71. The minimum atomic E-state index is -0.169. The summed E-state index contributed by atoms with van der Waals surface area (Å²) in [5, 5.41) is 9.90. The molecule has 2 N–H and O–H groups in total. The van der Waals surface area contributed by atoms with Gasteiger partial charge in [0.1, 0.15) is 18.0 Å². The van der Waals surface area contributed by atoms with Gasteiger partial charge in [0.05, 0.1) is 6.04 Å². The second-order valence-corrected chi connectivity index (χ2v) is 4.06. The third kappa shape index (κ3) is 2.88. The lowest BCUT2D eigenvalue weighted by molar-refractivity contribution is 0.546. The number of aromatic nitrogens is 3. The molecule has 1 unspecified atom stereocenters. The largest absolute Gasteiger partial charge is 0.303 e. The first-order valence-electron chi connectivity index (χ1n) is 5.50. The van der Waals surface area contributed by atoms with Crippen LogP contribution in [0, 0.1) is 12.7 Å². The number of aryl methyl sites for hydroxylation is 1. The Morgan fingerprint density at radius 2 is 2.29 bits per heavy atom. The van der Waals surface area contributed by atoms with Crippen LogP contribution in [-0.4, -0.2) is 15.2 Å². The molecular weight excluding hydrogens is 219 g/mol. The first-order chi connectivity index (χ1) is 8.16. The highest BCUT2D eigenvalue weighted by molar-refractivity contribution is 5.23. The molecule has 0 bridgehead atoms. The van der Waals surface area contributed by atoms with Crippen LogP contribution in [0.3, 0.4) is 0 Å². The van der Waals surface area contributed by atoms with Gasteiger partial charge in [-0.2, -0.15) is 5.10 Å². The minimum absolute atomic E-state index is 0.0860. The number of nitrogens with zero attached hydrogens (tertiary/aromatic N) is 2. The SMILES string of the molecule is Cc1cc(CNC(C)c2ncn[nH]2)ccc1F. The van der Waals surface area contributed by atoms with Crippen molar-refractivity contribution in [1.29, 1.82) is 0 Å². The molecule has 1 aromatic carbocycles. The fourth-order valence-electron chi connectivity index (χ4n) is 1.61. The van der Waals surface area contributed by atoms with Crippen LogP contribution in [0.4, 0.5) is 4.39 Å². The van der Waals surface area contributed by atoms with E-state index in [-0.39, 0.29) is 11.9 Å². The van der Waals surface area contributed by atoms with Gasteiger partial charge in [-0.3, -0.25) is 5.10 Å². The number of hydrogen-bond donors (Lipinski definition) is 2. The lowest BCUT2D eigenvalue weighted by Gasteiger charge is -2.11. The van der Waals surface area contributed by atoms with Crippen LogP contribution in [-0.2, 0) is 6.54 Å². The summed E-state index contributed by atoms with van der Waals surface area (Å²) in [4.78, 5) is 4.07. The van der Waals surface area contributed by atoms with Crippen molar-refractivity contribution in [2.75, 3.05) is 0 Å². The molecular formula is C12H15FN4. The molecule has 0 saturated heterocycles. The molecule has 17 heavy (non-hydrogen) atoms. The molecule has 2 rings (SSSR count). The molecule has 1 heterocycles. The number of rotatable bonds is 4. The van der Waals surface area contributed by atoms with Crippen molar-refractivity contribution in [3.63, 3.8) is 0 Å². The van der Waals surface area contributed by atoms with E-state index >= 15 is 0 Å². The van der Waals surface area contributed by atoms with E-state index in [0.717, 1.165) is 11.4 Å². The molecule has 4 nitrogen and oxygen atoms in total. The predicted octanol–water partition coefficient (Wildman–Crippen LogP) is 2.10. The Labute approximate surface area is 99.3 Å². The molecule has 0 saturated carbocycles. The zero-order valence-electron chi connectivity index (χ0n) is 9.87. The maximum Gasteiger partial charge on any atom is 0.141 e. The average molecular weight is 234 g/mol. The third-order valence-electron chi connectivity index (χ3n) is 2.68. The van der Waals surface area contributed by atoms with Gasteiger partial charge in [-0.15, -0.1) is 0 Å². The Morgan fingerprint density at radius 3 is 2.94 bits per heavy atom. The average Bonchev–Trinajstić information content (AvgIpc) is 2.84. The van der Waals surface area contributed by atoms with E-state index in [0.29, 0.717) is 12.1 Å². The summed E-state index contributed by atoms with van der Waals surface area (Å²) in [6.07, 6.45) is 1.48. The molecule has 0 spiro atoms. The molecule has 0 radical (unpaired) electrons. The Hall–Kier alpha value is -1.75. The molecule has 0 amide bonds. The molecule has 1 aromatic heterocycles. The number of halogens is 1. The van der Waals surface area contributed by atoms with Gasteiger partial charge in [0.15, 0.2) is 0 Å². The standard InChI is InChI=1S/C12H15FN4/c1-8-5-10(3-4-11(8)13)6-14-9(2)12-15-7-16-17-12/h3-5,7,9,14H,6H2,1-2H3,(H,15,16,17). The Bertz CT molecular complexity index is 481. The fourth-order valence-corrected chi connectivity index (χ4v) is 1.61. The van der Waals surface area contributed by atoms with Crippen LogP contribution in [0.2, 0.25) is 0 Å². The van der Waals surface area contributed by atoms with Gasteiger partial charge in [-0.1, -0.05) is 12.1 Å². The van der Waals surface area contributed by atoms with Crippen molar-refractivity contribution in [2.24, 2.45) is 0 Å². The van der Waals surface area contributed by atoms with Crippen molar-refractivity contribution in [3.8, 4) is 0 Å². The second-order valence-electron chi connectivity index (χ2n) is 4.06. The number of hydrogen-bond acceptors (Lipinski definition) is 3. The molecule has 0 fully saturated rings. The van der Waals surface area contributed by atoms with Gasteiger partial charge in [0, 0.05) is 6.54 Å². The van der Waals surface area contributed by atoms with Crippen LogP contribution in [0.1, 0.15) is 29.9 Å². The lowest BCUT2D eigenvalue weighted by Crippen LogP contribution is -2.19. The summed E-state index contributed by atoms with van der Waals surface area (Å²) in [6, 6.07) is 5.20. The molecule has 1 atom stereocenters.